The van der Waals surface area contributed by atoms with Gasteiger partial charge in [-0.15, -0.1) is 0 Å². The van der Waals surface area contributed by atoms with Crippen LogP contribution >= 0.6 is 0 Å². The standard InChI is InChI=1S/C13H19F2N/c1-4-9(3)16-13(5-2)11-8-10(14)6-7-12(11)15/h6-9,13,16H,4-5H2,1-3H3. The van der Waals surface area contributed by atoms with Gasteiger partial charge >= 0.3 is 0 Å². The Labute approximate surface area is 95.9 Å². The van der Waals surface area contributed by atoms with Gasteiger partial charge in [0.25, 0.3) is 0 Å². The minimum atomic E-state index is -0.388. The molecule has 0 aliphatic heterocycles. The Balaban J connectivity index is 2.89. The summed E-state index contributed by atoms with van der Waals surface area (Å²) in [6.45, 7) is 6.07. The van der Waals surface area contributed by atoms with Crippen LogP contribution in [0.15, 0.2) is 18.2 Å². The van der Waals surface area contributed by atoms with Crippen LogP contribution < -0.4 is 5.32 Å². The molecule has 0 bridgehead atoms. The summed E-state index contributed by atoms with van der Waals surface area (Å²) in [6.07, 6.45) is 1.71. The molecule has 0 amide bonds. The average molecular weight is 227 g/mol. The fraction of sp³-hybridized carbons (Fsp3) is 0.538. The van der Waals surface area contributed by atoms with Crippen LogP contribution in [0.4, 0.5) is 8.78 Å². The van der Waals surface area contributed by atoms with E-state index in [0.717, 1.165) is 18.9 Å². The largest absolute Gasteiger partial charge is 0.307 e. The zero-order valence-corrected chi connectivity index (χ0v) is 10.1. The average Bonchev–Trinajstić information content (AvgIpc) is 2.29. The molecule has 0 aliphatic rings. The zero-order chi connectivity index (χ0) is 12.1. The Hall–Kier alpha value is -0.960. The number of halogens is 2. The van der Waals surface area contributed by atoms with E-state index in [4.69, 9.17) is 0 Å². The van der Waals surface area contributed by atoms with Crippen molar-refractivity contribution in [2.75, 3.05) is 0 Å². The maximum Gasteiger partial charge on any atom is 0.128 e. The van der Waals surface area contributed by atoms with Crippen LogP contribution in [0.25, 0.3) is 0 Å². The Kier molecular flexibility index (Phi) is 4.87. The van der Waals surface area contributed by atoms with Crippen LogP contribution in [0.2, 0.25) is 0 Å². The smallest absolute Gasteiger partial charge is 0.128 e. The highest BCUT2D eigenvalue weighted by Gasteiger charge is 2.16. The first-order valence-corrected chi connectivity index (χ1v) is 5.79. The number of nitrogens with one attached hydrogen (secondary N) is 1. The van der Waals surface area contributed by atoms with Crippen molar-refractivity contribution in [3.63, 3.8) is 0 Å². The van der Waals surface area contributed by atoms with E-state index < -0.39 is 0 Å². The van der Waals surface area contributed by atoms with Crippen molar-refractivity contribution in [2.24, 2.45) is 0 Å². The van der Waals surface area contributed by atoms with E-state index >= 15 is 0 Å². The first-order valence-electron chi connectivity index (χ1n) is 5.79. The highest BCUT2D eigenvalue weighted by atomic mass is 19.1. The maximum atomic E-state index is 13.6. The van der Waals surface area contributed by atoms with Crippen LogP contribution in [-0.4, -0.2) is 6.04 Å². The molecule has 90 valence electrons. The van der Waals surface area contributed by atoms with Crippen LogP contribution in [0.3, 0.4) is 0 Å². The van der Waals surface area contributed by atoms with Gasteiger partial charge in [-0.3, -0.25) is 0 Å². The number of hydrogen-bond acceptors (Lipinski definition) is 1. The molecule has 2 unspecified atom stereocenters. The van der Waals surface area contributed by atoms with Crippen molar-refractivity contribution in [3.05, 3.63) is 35.4 Å². The predicted octanol–water partition coefficient (Wildman–Crippen LogP) is 3.80. The lowest BCUT2D eigenvalue weighted by Gasteiger charge is -2.22. The van der Waals surface area contributed by atoms with Crippen molar-refractivity contribution in [2.45, 2.75) is 45.7 Å². The monoisotopic (exact) mass is 227 g/mol. The van der Waals surface area contributed by atoms with E-state index in [1.807, 2.05) is 13.8 Å². The second kappa shape index (κ2) is 5.94. The second-order valence-electron chi connectivity index (χ2n) is 4.10. The molecule has 0 fully saturated rings. The van der Waals surface area contributed by atoms with Gasteiger partial charge in [0.05, 0.1) is 0 Å². The van der Waals surface area contributed by atoms with Crippen molar-refractivity contribution >= 4 is 0 Å². The summed E-state index contributed by atoms with van der Waals surface area (Å²) in [5, 5.41) is 3.29. The van der Waals surface area contributed by atoms with E-state index in [1.54, 1.807) is 0 Å². The molecule has 0 saturated heterocycles. The lowest BCUT2D eigenvalue weighted by molar-refractivity contribution is 0.421. The Morgan fingerprint density at radius 2 is 1.88 bits per heavy atom. The normalized spacial score (nSPS) is 14.8. The Morgan fingerprint density at radius 1 is 1.19 bits per heavy atom. The predicted molar refractivity (Wildman–Crippen MR) is 62.3 cm³/mol. The number of rotatable bonds is 5. The molecule has 1 N–H and O–H groups in total. The van der Waals surface area contributed by atoms with Gasteiger partial charge in [-0.1, -0.05) is 13.8 Å². The summed E-state index contributed by atoms with van der Waals surface area (Å²) in [7, 11) is 0. The van der Waals surface area contributed by atoms with Gasteiger partial charge in [0.2, 0.25) is 0 Å². The molecule has 0 heterocycles. The van der Waals surface area contributed by atoms with Gasteiger partial charge in [0.15, 0.2) is 0 Å². The third kappa shape index (κ3) is 3.27. The van der Waals surface area contributed by atoms with E-state index in [2.05, 4.69) is 12.2 Å². The molecular weight excluding hydrogens is 208 g/mol. The summed E-state index contributed by atoms with van der Waals surface area (Å²) in [6, 6.07) is 3.79. The minimum Gasteiger partial charge on any atom is -0.307 e. The molecule has 2 atom stereocenters. The molecule has 0 radical (unpaired) electrons. The summed E-state index contributed by atoms with van der Waals surface area (Å²) in [5.74, 6) is -0.732. The molecule has 0 aliphatic carbocycles. The van der Waals surface area contributed by atoms with Crippen LogP contribution in [0.1, 0.15) is 45.2 Å². The van der Waals surface area contributed by atoms with Crippen molar-refractivity contribution < 1.29 is 8.78 Å². The van der Waals surface area contributed by atoms with Gasteiger partial charge in [0, 0.05) is 17.6 Å². The fourth-order valence-electron chi connectivity index (χ4n) is 1.67. The fourth-order valence-corrected chi connectivity index (χ4v) is 1.67. The second-order valence-corrected chi connectivity index (χ2v) is 4.10. The van der Waals surface area contributed by atoms with Gasteiger partial charge in [0.1, 0.15) is 11.6 Å². The van der Waals surface area contributed by atoms with E-state index in [-0.39, 0.29) is 17.7 Å². The topological polar surface area (TPSA) is 12.0 Å². The first kappa shape index (κ1) is 13.1. The number of benzene rings is 1. The maximum absolute atomic E-state index is 13.6. The van der Waals surface area contributed by atoms with E-state index in [0.29, 0.717) is 11.6 Å². The van der Waals surface area contributed by atoms with Gasteiger partial charge in [-0.25, -0.2) is 8.78 Å². The molecule has 3 heteroatoms. The lowest BCUT2D eigenvalue weighted by Crippen LogP contribution is -2.30. The Bertz CT molecular complexity index is 339. The molecule has 1 nitrogen and oxygen atoms in total. The summed E-state index contributed by atoms with van der Waals surface area (Å²) < 4.78 is 26.6. The summed E-state index contributed by atoms with van der Waals surface area (Å²) in [5.41, 5.74) is 0.419. The van der Waals surface area contributed by atoms with Crippen LogP contribution in [0, 0.1) is 11.6 Å². The number of hydrogen-bond donors (Lipinski definition) is 1. The molecule has 1 aromatic carbocycles. The van der Waals surface area contributed by atoms with Crippen LogP contribution in [-0.2, 0) is 0 Å². The zero-order valence-electron chi connectivity index (χ0n) is 10.1. The van der Waals surface area contributed by atoms with E-state index in [1.165, 1.54) is 12.1 Å². The van der Waals surface area contributed by atoms with E-state index in [9.17, 15) is 8.78 Å². The van der Waals surface area contributed by atoms with Gasteiger partial charge < -0.3 is 5.32 Å². The van der Waals surface area contributed by atoms with Gasteiger partial charge in [-0.05, 0) is 38.0 Å². The molecule has 0 spiro atoms. The third-order valence-corrected chi connectivity index (χ3v) is 2.84. The minimum absolute atomic E-state index is 0.120. The highest BCUT2D eigenvalue weighted by molar-refractivity contribution is 5.22. The highest BCUT2D eigenvalue weighted by Crippen LogP contribution is 2.21. The van der Waals surface area contributed by atoms with Crippen LogP contribution in [0.5, 0.6) is 0 Å². The molecule has 1 rings (SSSR count). The molecule has 16 heavy (non-hydrogen) atoms. The summed E-state index contributed by atoms with van der Waals surface area (Å²) in [4.78, 5) is 0. The first-order chi connectivity index (χ1) is 7.58. The van der Waals surface area contributed by atoms with Gasteiger partial charge in [-0.2, -0.15) is 0 Å². The third-order valence-electron chi connectivity index (χ3n) is 2.84. The molecular formula is C13H19F2N. The van der Waals surface area contributed by atoms with Crippen molar-refractivity contribution in [1.82, 2.24) is 5.32 Å². The van der Waals surface area contributed by atoms with Crippen molar-refractivity contribution in [1.29, 1.82) is 0 Å². The quantitative estimate of drug-likeness (QED) is 0.806. The lowest BCUT2D eigenvalue weighted by atomic mass is 10.0. The SMILES string of the molecule is CCC(C)NC(CC)c1cc(F)ccc1F. The molecule has 0 saturated carbocycles. The summed E-state index contributed by atoms with van der Waals surface area (Å²) >= 11 is 0. The Morgan fingerprint density at radius 3 is 2.44 bits per heavy atom. The van der Waals surface area contributed by atoms with Crippen molar-refractivity contribution in [3.8, 4) is 0 Å². The molecule has 0 aromatic heterocycles. The molecule has 1 aromatic rings.